The molecule has 0 N–H and O–H groups in total. The third-order valence-corrected chi connectivity index (χ3v) is 4.61. The van der Waals surface area contributed by atoms with Gasteiger partial charge in [0.15, 0.2) is 5.78 Å². The Balaban J connectivity index is 2.08. The number of hydrogen-bond donors (Lipinski definition) is 0. The monoisotopic (exact) mass is 384 g/mol. The predicted octanol–water partition coefficient (Wildman–Crippen LogP) is 5.46. The van der Waals surface area contributed by atoms with Gasteiger partial charge in [-0.3, -0.25) is 14.9 Å². The fourth-order valence-corrected chi connectivity index (χ4v) is 3.34. The van der Waals surface area contributed by atoms with Gasteiger partial charge in [-0.15, -0.1) is 0 Å². The van der Waals surface area contributed by atoms with Crippen LogP contribution in [0, 0.1) is 17.0 Å². The fourth-order valence-electron chi connectivity index (χ4n) is 3.34. The van der Waals surface area contributed by atoms with E-state index in [0.717, 1.165) is 0 Å². The van der Waals surface area contributed by atoms with E-state index in [1.54, 1.807) is 73.7 Å². The molecule has 0 unspecified atom stereocenters. The van der Waals surface area contributed by atoms with E-state index in [0.29, 0.717) is 16.8 Å². The molecule has 0 fully saturated rings. The topological polar surface area (TPSA) is 86.2 Å². The quantitative estimate of drug-likeness (QED) is 0.259. The summed E-state index contributed by atoms with van der Waals surface area (Å²) in [4.78, 5) is 29.4. The van der Waals surface area contributed by atoms with Crippen LogP contribution in [0.25, 0.3) is 22.6 Å². The molecule has 0 spiro atoms. The molecule has 0 aliphatic heterocycles. The molecule has 0 aliphatic rings. The van der Waals surface area contributed by atoms with Gasteiger partial charge in [0.1, 0.15) is 17.0 Å². The number of furan rings is 1. The van der Waals surface area contributed by atoms with Crippen molar-refractivity contribution in [3.05, 3.63) is 106 Å². The summed E-state index contributed by atoms with van der Waals surface area (Å²) in [5.74, 6) is -0.0941. The number of aryl methyl sites for hydroxylation is 1. The number of hydrogen-bond acceptors (Lipinski definition) is 5. The summed E-state index contributed by atoms with van der Waals surface area (Å²) in [6.45, 7) is 1.68. The molecule has 29 heavy (non-hydrogen) atoms. The Bertz CT molecular complexity index is 1180. The standard InChI is InChI=1S/C23H16N2O4/c1-15-19(23(26)17-11-6-3-7-12-17)20(18-13-8-14-29-18)22(25(27)28)21(24-15)16-9-4-2-5-10-16/h2-14H,1H3. The van der Waals surface area contributed by atoms with Crippen LogP contribution in [0.1, 0.15) is 21.6 Å². The van der Waals surface area contributed by atoms with Crippen LogP contribution in [-0.4, -0.2) is 15.7 Å². The minimum absolute atomic E-state index is 0.139. The van der Waals surface area contributed by atoms with Crippen molar-refractivity contribution in [3.63, 3.8) is 0 Å². The van der Waals surface area contributed by atoms with E-state index < -0.39 is 4.92 Å². The van der Waals surface area contributed by atoms with Gasteiger partial charge in [0.25, 0.3) is 0 Å². The van der Waals surface area contributed by atoms with E-state index in [-0.39, 0.29) is 34.1 Å². The van der Waals surface area contributed by atoms with Gasteiger partial charge in [0.05, 0.1) is 22.4 Å². The second kappa shape index (κ2) is 7.52. The molecule has 2 aromatic carbocycles. The van der Waals surface area contributed by atoms with Gasteiger partial charge < -0.3 is 4.42 Å². The van der Waals surface area contributed by atoms with Crippen LogP contribution >= 0.6 is 0 Å². The first kappa shape index (κ1) is 18.3. The van der Waals surface area contributed by atoms with Crippen molar-refractivity contribution in [2.75, 3.05) is 0 Å². The van der Waals surface area contributed by atoms with Crippen LogP contribution in [0.5, 0.6) is 0 Å². The third kappa shape index (κ3) is 3.32. The van der Waals surface area contributed by atoms with Crippen molar-refractivity contribution in [2.45, 2.75) is 6.92 Å². The number of pyridine rings is 1. The first-order valence-electron chi connectivity index (χ1n) is 8.96. The number of ketones is 1. The molecular weight excluding hydrogens is 368 g/mol. The van der Waals surface area contributed by atoms with Gasteiger partial charge in [-0.25, -0.2) is 4.98 Å². The fraction of sp³-hybridized carbons (Fsp3) is 0.0435. The lowest BCUT2D eigenvalue weighted by Gasteiger charge is -2.14. The van der Waals surface area contributed by atoms with Crippen molar-refractivity contribution < 1.29 is 14.1 Å². The number of carbonyl (C=O) groups excluding carboxylic acids is 1. The lowest BCUT2D eigenvalue weighted by Crippen LogP contribution is -2.11. The average molecular weight is 384 g/mol. The molecule has 0 amide bonds. The van der Waals surface area contributed by atoms with Crippen LogP contribution in [0.3, 0.4) is 0 Å². The summed E-state index contributed by atoms with van der Waals surface area (Å²) < 4.78 is 5.50. The molecule has 4 rings (SSSR count). The number of carbonyl (C=O) groups is 1. The van der Waals surface area contributed by atoms with Gasteiger partial charge in [-0.05, 0) is 19.1 Å². The molecule has 0 bridgehead atoms. The molecule has 4 aromatic rings. The number of benzene rings is 2. The minimum atomic E-state index is -0.506. The van der Waals surface area contributed by atoms with Crippen molar-refractivity contribution in [3.8, 4) is 22.6 Å². The number of aromatic nitrogens is 1. The summed E-state index contributed by atoms with van der Waals surface area (Å²) >= 11 is 0. The zero-order valence-electron chi connectivity index (χ0n) is 15.5. The molecule has 142 valence electrons. The van der Waals surface area contributed by atoms with Crippen LogP contribution in [0.4, 0.5) is 5.69 Å². The number of nitro groups is 1. The lowest BCUT2D eigenvalue weighted by atomic mass is 9.92. The molecule has 2 heterocycles. The first-order chi connectivity index (χ1) is 14.1. The molecule has 2 aromatic heterocycles. The highest BCUT2D eigenvalue weighted by molar-refractivity contribution is 6.15. The highest BCUT2D eigenvalue weighted by Gasteiger charge is 2.33. The van der Waals surface area contributed by atoms with E-state index in [9.17, 15) is 14.9 Å². The smallest absolute Gasteiger partial charge is 0.307 e. The highest BCUT2D eigenvalue weighted by atomic mass is 16.6. The third-order valence-electron chi connectivity index (χ3n) is 4.61. The van der Waals surface area contributed by atoms with E-state index in [4.69, 9.17) is 4.42 Å². The van der Waals surface area contributed by atoms with Crippen LogP contribution in [0.2, 0.25) is 0 Å². The molecular formula is C23H16N2O4. The zero-order chi connectivity index (χ0) is 20.4. The molecule has 0 saturated carbocycles. The molecule has 0 atom stereocenters. The molecule has 0 radical (unpaired) electrons. The maximum Gasteiger partial charge on any atom is 0.307 e. The Morgan fingerprint density at radius 3 is 2.21 bits per heavy atom. The summed E-state index contributed by atoms with van der Waals surface area (Å²) in [7, 11) is 0. The summed E-state index contributed by atoms with van der Waals surface area (Å²) in [5, 5.41) is 12.1. The second-order valence-corrected chi connectivity index (χ2v) is 6.44. The summed E-state index contributed by atoms with van der Waals surface area (Å²) in [5.41, 5.74) is 1.66. The Kier molecular flexibility index (Phi) is 4.75. The van der Waals surface area contributed by atoms with E-state index in [1.807, 2.05) is 6.07 Å². The van der Waals surface area contributed by atoms with Gasteiger partial charge in [-0.2, -0.15) is 0 Å². The normalized spacial score (nSPS) is 10.7. The average Bonchev–Trinajstić information content (AvgIpc) is 3.28. The van der Waals surface area contributed by atoms with E-state index >= 15 is 0 Å². The predicted molar refractivity (Wildman–Crippen MR) is 109 cm³/mol. The number of rotatable bonds is 5. The Morgan fingerprint density at radius 2 is 1.62 bits per heavy atom. The van der Waals surface area contributed by atoms with Crippen LogP contribution < -0.4 is 0 Å². The first-order valence-corrected chi connectivity index (χ1v) is 8.96. The van der Waals surface area contributed by atoms with E-state index in [1.165, 1.54) is 6.26 Å². The molecule has 6 heteroatoms. The van der Waals surface area contributed by atoms with Gasteiger partial charge in [0, 0.05) is 11.1 Å². The summed E-state index contributed by atoms with van der Waals surface area (Å²) in [6, 6.07) is 20.8. The van der Waals surface area contributed by atoms with Crippen molar-refractivity contribution in [2.24, 2.45) is 0 Å². The zero-order valence-corrected chi connectivity index (χ0v) is 15.5. The minimum Gasteiger partial charge on any atom is -0.464 e. The Hall–Kier alpha value is -4.06. The molecule has 0 aliphatic carbocycles. The lowest BCUT2D eigenvalue weighted by molar-refractivity contribution is -0.383. The van der Waals surface area contributed by atoms with Gasteiger partial charge >= 0.3 is 5.69 Å². The van der Waals surface area contributed by atoms with Gasteiger partial charge in [0.2, 0.25) is 0 Å². The molecule has 0 saturated heterocycles. The van der Waals surface area contributed by atoms with Crippen molar-refractivity contribution in [1.82, 2.24) is 4.98 Å². The Labute approximate surface area is 166 Å². The largest absolute Gasteiger partial charge is 0.464 e. The Morgan fingerprint density at radius 1 is 0.966 bits per heavy atom. The maximum atomic E-state index is 13.3. The van der Waals surface area contributed by atoms with Gasteiger partial charge in [-0.1, -0.05) is 60.7 Å². The van der Waals surface area contributed by atoms with Crippen LogP contribution in [0.15, 0.2) is 83.5 Å². The second-order valence-electron chi connectivity index (χ2n) is 6.44. The van der Waals surface area contributed by atoms with E-state index in [2.05, 4.69) is 4.98 Å². The highest BCUT2D eigenvalue weighted by Crippen LogP contribution is 2.41. The number of nitrogens with zero attached hydrogens (tertiary/aromatic N) is 2. The SMILES string of the molecule is Cc1nc(-c2ccccc2)c([N+](=O)[O-])c(-c2ccco2)c1C(=O)c1ccccc1. The molecule has 6 nitrogen and oxygen atoms in total. The maximum absolute atomic E-state index is 13.3. The summed E-state index contributed by atoms with van der Waals surface area (Å²) in [6.07, 6.45) is 1.42. The van der Waals surface area contributed by atoms with Crippen molar-refractivity contribution in [1.29, 1.82) is 0 Å². The van der Waals surface area contributed by atoms with Crippen LogP contribution in [-0.2, 0) is 0 Å². The van der Waals surface area contributed by atoms with Crippen molar-refractivity contribution >= 4 is 11.5 Å².